The highest BCUT2D eigenvalue weighted by Crippen LogP contribution is 2.48. The van der Waals surface area contributed by atoms with E-state index in [4.69, 9.17) is 0 Å². The van der Waals surface area contributed by atoms with Crippen LogP contribution in [0.4, 0.5) is 0 Å². The van der Waals surface area contributed by atoms with E-state index in [1.165, 1.54) is 31.4 Å². The van der Waals surface area contributed by atoms with Crippen LogP contribution in [0.5, 0.6) is 0 Å². The third-order valence-corrected chi connectivity index (χ3v) is 3.57. The summed E-state index contributed by atoms with van der Waals surface area (Å²) in [6.07, 6.45) is 7.70. The minimum atomic E-state index is 0.831. The summed E-state index contributed by atoms with van der Waals surface area (Å²) in [5.74, 6) is 1.68. The van der Waals surface area contributed by atoms with Gasteiger partial charge in [0.25, 0.3) is 0 Å². The lowest BCUT2D eigenvalue weighted by Gasteiger charge is -2.35. The Morgan fingerprint density at radius 1 is 1.25 bits per heavy atom. The summed E-state index contributed by atoms with van der Waals surface area (Å²) in [5, 5.41) is 4.36. The van der Waals surface area contributed by atoms with Crippen LogP contribution in [0.2, 0.25) is 0 Å². The van der Waals surface area contributed by atoms with Crippen LogP contribution in [0.15, 0.2) is 6.20 Å². The van der Waals surface area contributed by atoms with Crippen LogP contribution in [-0.4, -0.2) is 9.78 Å². The topological polar surface area (TPSA) is 17.8 Å². The number of hydrogen-bond donors (Lipinski definition) is 0. The minimum Gasteiger partial charge on any atom is -0.272 e. The molecule has 0 unspecified atom stereocenters. The average molecular weight is 162 g/mol. The summed E-state index contributed by atoms with van der Waals surface area (Å²) in [4.78, 5) is 0. The van der Waals surface area contributed by atoms with E-state index in [0.29, 0.717) is 0 Å². The summed E-state index contributed by atoms with van der Waals surface area (Å²) < 4.78 is 2.09. The monoisotopic (exact) mass is 162 g/mol. The van der Waals surface area contributed by atoms with E-state index in [1.807, 2.05) is 0 Å². The molecule has 0 aliphatic heterocycles. The molecule has 0 amide bonds. The molecule has 1 aromatic rings. The molecule has 1 heterocycles. The Balaban J connectivity index is 2.21. The number of rotatable bonds is 0. The molecule has 0 aromatic carbocycles. The Bertz CT molecular complexity index is 306. The van der Waals surface area contributed by atoms with Crippen LogP contribution in [-0.2, 0) is 7.05 Å². The molecule has 2 nitrogen and oxygen atoms in total. The maximum absolute atomic E-state index is 4.36. The lowest BCUT2D eigenvalue weighted by atomic mass is 9.70. The molecule has 0 radical (unpaired) electrons. The van der Waals surface area contributed by atoms with E-state index in [0.717, 1.165) is 11.8 Å². The highest BCUT2D eigenvalue weighted by molar-refractivity contribution is 5.31. The van der Waals surface area contributed by atoms with Gasteiger partial charge in [-0.05, 0) is 37.2 Å². The molecule has 0 spiro atoms. The van der Waals surface area contributed by atoms with Crippen LogP contribution in [0.1, 0.15) is 48.8 Å². The second-order valence-corrected chi connectivity index (χ2v) is 4.16. The van der Waals surface area contributed by atoms with Crippen LogP contribution >= 0.6 is 0 Å². The van der Waals surface area contributed by atoms with Gasteiger partial charge in [-0.2, -0.15) is 5.10 Å². The van der Waals surface area contributed by atoms with E-state index >= 15 is 0 Å². The van der Waals surface area contributed by atoms with Crippen molar-refractivity contribution in [1.82, 2.24) is 9.78 Å². The number of aromatic nitrogens is 2. The zero-order valence-electron chi connectivity index (χ0n) is 7.45. The predicted octanol–water partition coefficient (Wildman–Crippen LogP) is 2.17. The molecular formula is C10H14N2. The van der Waals surface area contributed by atoms with Crippen molar-refractivity contribution in [3.05, 3.63) is 17.5 Å². The van der Waals surface area contributed by atoms with Crippen molar-refractivity contribution >= 4 is 0 Å². The maximum atomic E-state index is 4.36. The number of hydrogen-bond acceptors (Lipinski definition) is 1. The first-order valence-electron chi connectivity index (χ1n) is 4.88. The van der Waals surface area contributed by atoms with E-state index in [2.05, 4.69) is 23.0 Å². The predicted molar refractivity (Wildman–Crippen MR) is 47.2 cm³/mol. The second-order valence-electron chi connectivity index (χ2n) is 4.16. The third kappa shape index (κ3) is 0.680. The van der Waals surface area contributed by atoms with Gasteiger partial charge in [-0.3, -0.25) is 4.68 Å². The van der Waals surface area contributed by atoms with E-state index in [9.17, 15) is 0 Å². The van der Waals surface area contributed by atoms with Crippen LogP contribution in [0.25, 0.3) is 0 Å². The molecule has 0 N–H and O–H groups in total. The molecule has 64 valence electrons. The van der Waals surface area contributed by atoms with Gasteiger partial charge in [-0.15, -0.1) is 0 Å². The summed E-state index contributed by atoms with van der Waals surface area (Å²) in [6, 6.07) is 0. The first-order valence-corrected chi connectivity index (χ1v) is 4.88. The number of nitrogens with zero attached hydrogens (tertiary/aromatic N) is 2. The van der Waals surface area contributed by atoms with Crippen molar-refractivity contribution in [3.63, 3.8) is 0 Å². The van der Waals surface area contributed by atoms with E-state index in [-0.39, 0.29) is 0 Å². The lowest BCUT2D eigenvalue weighted by molar-refractivity contribution is 0.345. The lowest BCUT2D eigenvalue weighted by Crippen LogP contribution is -2.22. The number of fused-ring (bicyclic) bond motifs is 2. The summed E-state index contributed by atoms with van der Waals surface area (Å²) >= 11 is 0. The third-order valence-electron chi connectivity index (χ3n) is 3.57. The second kappa shape index (κ2) is 2.12. The molecule has 2 heteroatoms. The average Bonchev–Trinajstić information content (AvgIpc) is 2.53. The van der Waals surface area contributed by atoms with Gasteiger partial charge in [0.2, 0.25) is 0 Å². The van der Waals surface area contributed by atoms with Gasteiger partial charge >= 0.3 is 0 Å². The molecular weight excluding hydrogens is 148 g/mol. The smallest absolute Gasteiger partial charge is 0.0527 e. The van der Waals surface area contributed by atoms with Crippen molar-refractivity contribution in [1.29, 1.82) is 0 Å². The fourth-order valence-electron chi connectivity index (χ4n) is 2.96. The minimum absolute atomic E-state index is 0.831. The van der Waals surface area contributed by atoms with Gasteiger partial charge in [0.15, 0.2) is 0 Å². The molecule has 2 bridgehead atoms. The molecule has 12 heavy (non-hydrogen) atoms. The highest BCUT2D eigenvalue weighted by atomic mass is 15.3. The Morgan fingerprint density at radius 3 is 2.58 bits per heavy atom. The highest BCUT2D eigenvalue weighted by Gasteiger charge is 2.35. The number of aryl methyl sites for hydroxylation is 1. The molecule has 4 rings (SSSR count). The largest absolute Gasteiger partial charge is 0.272 e. The van der Waals surface area contributed by atoms with Gasteiger partial charge in [-0.1, -0.05) is 0 Å². The Labute approximate surface area is 72.6 Å². The van der Waals surface area contributed by atoms with Gasteiger partial charge in [0.1, 0.15) is 0 Å². The van der Waals surface area contributed by atoms with Crippen LogP contribution < -0.4 is 0 Å². The van der Waals surface area contributed by atoms with Gasteiger partial charge in [0.05, 0.1) is 6.20 Å². The zero-order valence-corrected chi connectivity index (χ0v) is 7.45. The van der Waals surface area contributed by atoms with Crippen LogP contribution in [0, 0.1) is 0 Å². The fourth-order valence-corrected chi connectivity index (χ4v) is 2.96. The van der Waals surface area contributed by atoms with Crippen molar-refractivity contribution < 1.29 is 0 Å². The fraction of sp³-hybridized carbons (Fsp3) is 0.700. The first kappa shape index (κ1) is 6.70. The maximum Gasteiger partial charge on any atom is 0.0527 e. The quantitative estimate of drug-likeness (QED) is 0.571. The van der Waals surface area contributed by atoms with Gasteiger partial charge in [-0.25, -0.2) is 0 Å². The summed E-state index contributed by atoms with van der Waals surface area (Å²) in [7, 11) is 2.08. The van der Waals surface area contributed by atoms with Gasteiger partial charge in [0, 0.05) is 18.7 Å². The summed E-state index contributed by atoms with van der Waals surface area (Å²) in [6.45, 7) is 0. The van der Waals surface area contributed by atoms with Crippen molar-refractivity contribution in [2.75, 3.05) is 0 Å². The normalized spacial score (nSPS) is 32.1. The Morgan fingerprint density at radius 2 is 1.92 bits per heavy atom. The molecule has 1 saturated carbocycles. The van der Waals surface area contributed by atoms with Crippen molar-refractivity contribution in [3.8, 4) is 0 Å². The van der Waals surface area contributed by atoms with E-state index in [1.54, 1.807) is 5.56 Å². The van der Waals surface area contributed by atoms with Crippen LogP contribution in [0.3, 0.4) is 0 Å². The SMILES string of the molecule is Cn1ncc2c1C1CCC2CC1. The van der Waals surface area contributed by atoms with E-state index < -0.39 is 0 Å². The first-order chi connectivity index (χ1) is 5.86. The summed E-state index contributed by atoms with van der Waals surface area (Å²) in [5.41, 5.74) is 3.09. The zero-order chi connectivity index (χ0) is 8.13. The molecule has 1 aromatic heterocycles. The van der Waals surface area contributed by atoms with Crippen molar-refractivity contribution in [2.45, 2.75) is 37.5 Å². The standard InChI is InChI=1S/C10H14N2/c1-12-10-8-4-2-7(3-5-8)9(10)6-11-12/h6-8H,2-5H2,1H3. The van der Waals surface area contributed by atoms with Crippen molar-refractivity contribution in [2.24, 2.45) is 7.05 Å². The molecule has 3 aliphatic rings. The Hall–Kier alpha value is -0.790. The molecule has 0 saturated heterocycles. The molecule has 0 atom stereocenters. The molecule has 3 aliphatic carbocycles. The van der Waals surface area contributed by atoms with Gasteiger partial charge < -0.3 is 0 Å². The molecule has 1 fully saturated rings. The Kier molecular flexibility index (Phi) is 1.18.